The Hall–Kier alpha value is -1.92. The van der Waals surface area contributed by atoms with Crippen LogP contribution in [0.3, 0.4) is 0 Å². The lowest BCUT2D eigenvalue weighted by molar-refractivity contribution is -0.125. The first-order valence-corrected chi connectivity index (χ1v) is 6.85. The van der Waals surface area contributed by atoms with Gasteiger partial charge in [-0.15, -0.1) is 0 Å². The highest BCUT2D eigenvalue weighted by Gasteiger charge is 2.15. The molecule has 0 saturated carbocycles. The molecule has 114 valence electrons. The van der Waals surface area contributed by atoms with Crippen molar-refractivity contribution in [3.05, 3.63) is 29.8 Å². The summed E-state index contributed by atoms with van der Waals surface area (Å²) in [5, 5.41) is 2.73. The van der Waals surface area contributed by atoms with Crippen LogP contribution in [0.15, 0.2) is 24.3 Å². The first-order valence-electron chi connectivity index (χ1n) is 6.85. The van der Waals surface area contributed by atoms with Crippen LogP contribution in [0.4, 0.5) is 0 Å². The molecule has 6 nitrogen and oxygen atoms in total. The molecule has 1 saturated heterocycles. The van der Waals surface area contributed by atoms with E-state index in [0.717, 1.165) is 0 Å². The molecule has 1 aliphatic rings. The molecule has 1 amide bonds. The van der Waals surface area contributed by atoms with Gasteiger partial charge >= 0.3 is 0 Å². The second-order valence-electron chi connectivity index (χ2n) is 4.74. The van der Waals surface area contributed by atoms with Gasteiger partial charge in [-0.1, -0.05) is 0 Å². The monoisotopic (exact) mass is 293 g/mol. The molecular weight excluding hydrogens is 274 g/mol. The van der Waals surface area contributed by atoms with Crippen LogP contribution in [0.5, 0.6) is 5.75 Å². The fraction of sp³-hybridized carbons (Fsp3) is 0.467. The highest BCUT2D eigenvalue weighted by atomic mass is 16.6. The maximum atomic E-state index is 11.6. The minimum Gasteiger partial charge on any atom is -0.484 e. The van der Waals surface area contributed by atoms with E-state index in [4.69, 9.17) is 14.2 Å². The van der Waals surface area contributed by atoms with Crippen molar-refractivity contribution < 1.29 is 23.8 Å². The van der Waals surface area contributed by atoms with Crippen LogP contribution in [0.1, 0.15) is 17.3 Å². The zero-order valence-corrected chi connectivity index (χ0v) is 12.0. The smallest absolute Gasteiger partial charge is 0.258 e. The van der Waals surface area contributed by atoms with Crippen LogP contribution in [0.25, 0.3) is 0 Å². The molecule has 0 aromatic heterocycles. The Morgan fingerprint density at radius 1 is 1.29 bits per heavy atom. The standard InChI is InChI=1S/C15H19NO5/c1-11(17)12-2-4-13(5-3-12)21-10-15(18)16-8-14-9-19-6-7-20-14/h2-5,14H,6-10H2,1H3,(H,16,18). The van der Waals surface area contributed by atoms with Crippen molar-refractivity contribution in [3.63, 3.8) is 0 Å². The molecule has 0 spiro atoms. The van der Waals surface area contributed by atoms with E-state index < -0.39 is 0 Å². The minimum absolute atomic E-state index is 0.00556. The lowest BCUT2D eigenvalue weighted by Gasteiger charge is -2.23. The number of carbonyl (C=O) groups excluding carboxylic acids is 2. The maximum Gasteiger partial charge on any atom is 0.258 e. The summed E-state index contributed by atoms with van der Waals surface area (Å²) in [6, 6.07) is 6.68. The second kappa shape index (κ2) is 7.75. The van der Waals surface area contributed by atoms with Gasteiger partial charge in [-0.25, -0.2) is 0 Å². The summed E-state index contributed by atoms with van der Waals surface area (Å²) in [4.78, 5) is 22.8. The number of Topliss-reactive ketones (excluding diaryl/α,β-unsaturated/α-hetero) is 1. The summed E-state index contributed by atoms with van der Waals surface area (Å²) in [6.07, 6.45) is -0.0995. The SMILES string of the molecule is CC(=O)c1ccc(OCC(=O)NCC2COCCO2)cc1. The molecule has 1 aromatic rings. The number of ether oxygens (including phenoxy) is 3. The summed E-state index contributed by atoms with van der Waals surface area (Å²) >= 11 is 0. The molecule has 1 atom stereocenters. The molecule has 0 radical (unpaired) electrons. The van der Waals surface area contributed by atoms with E-state index in [9.17, 15) is 9.59 Å². The summed E-state index contributed by atoms with van der Waals surface area (Å²) in [5.74, 6) is 0.321. The van der Waals surface area contributed by atoms with Gasteiger partial charge in [0.25, 0.3) is 5.91 Å². The number of amides is 1. The molecule has 1 heterocycles. The molecule has 6 heteroatoms. The number of benzene rings is 1. The molecule has 1 N–H and O–H groups in total. The number of hydrogen-bond donors (Lipinski definition) is 1. The lowest BCUT2D eigenvalue weighted by Crippen LogP contribution is -2.41. The van der Waals surface area contributed by atoms with Gasteiger partial charge in [-0.05, 0) is 31.2 Å². The van der Waals surface area contributed by atoms with Gasteiger partial charge in [0.15, 0.2) is 12.4 Å². The molecule has 21 heavy (non-hydrogen) atoms. The molecule has 0 aliphatic carbocycles. The minimum atomic E-state index is -0.222. The number of rotatable bonds is 6. The third-order valence-electron chi connectivity index (χ3n) is 3.04. The molecule has 1 fully saturated rings. The Labute approximate surface area is 123 Å². The highest BCUT2D eigenvalue weighted by molar-refractivity contribution is 5.94. The van der Waals surface area contributed by atoms with Crippen LogP contribution in [0.2, 0.25) is 0 Å². The topological polar surface area (TPSA) is 73.9 Å². The van der Waals surface area contributed by atoms with E-state index in [1.807, 2.05) is 0 Å². The van der Waals surface area contributed by atoms with Gasteiger partial charge in [0.2, 0.25) is 0 Å². The molecule has 1 aromatic carbocycles. The number of hydrogen-bond acceptors (Lipinski definition) is 5. The van der Waals surface area contributed by atoms with Crippen molar-refractivity contribution in [1.82, 2.24) is 5.32 Å². The molecule has 1 aliphatic heterocycles. The van der Waals surface area contributed by atoms with Gasteiger partial charge in [0.05, 0.1) is 25.9 Å². The van der Waals surface area contributed by atoms with E-state index in [2.05, 4.69) is 5.32 Å². The first-order chi connectivity index (χ1) is 10.1. The largest absolute Gasteiger partial charge is 0.484 e. The van der Waals surface area contributed by atoms with Gasteiger partial charge in [-0.3, -0.25) is 9.59 Å². The third kappa shape index (κ3) is 5.17. The predicted molar refractivity (Wildman–Crippen MR) is 75.5 cm³/mol. The van der Waals surface area contributed by atoms with E-state index in [0.29, 0.717) is 37.7 Å². The third-order valence-corrected chi connectivity index (χ3v) is 3.04. The Morgan fingerprint density at radius 2 is 2.05 bits per heavy atom. The van der Waals surface area contributed by atoms with Gasteiger partial charge in [-0.2, -0.15) is 0 Å². The Kier molecular flexibility index (Phi) is 5.71. The second-order valence-corrected chi connectivity index (χ2v) is 4.74. The molecular formula is C15H19NO5. The van der Waals surface area contributed by atoms with Crippen LogP contribution in [0, 0.1) is 0 Å². The van der Waals surface area contributed by atoms with Crippen LogP contribution >= 0.6 is 0 Å². The summed E-state index contributed by atoms with van der Waals surface area (Å²) < 4.78 is 16.0. The van der Waals surface area contributed by atoms with Crippen LogP contribution in [-0.2, 0) is 14.3 Å². The van der Waals surface area contributed by atoms with Gasteiger partial charge < -0.3 is 19.5 Å². The zero-order chi connectivity index (χ0) is 15.1. The van der Waals surface area contributed by atoms with E-state index in [1.54, 1.807) is 24.3 Å². The number of carbonyl (C=O) groups is 2. The van der Waals surface area contributed by atoms with Crippen molar-refractivity contribution in [2.75, 3.05) is 33.0 Å². The molecule has 2 rings (SSSR count). The quantitative estimate of drug-likeness (QED) is 0.785. The zero-order valence-electron chi connectivity index (χ0n) is 12.0. The fourth-order valence-corrected chi connectivity index (χ4v) is 1.87. The summed E-state index contributed by atoms with van der Waals surface area (Å²) in [7, 11) is 0. The molecule has 0 bridgehead atoms. The summed E-state index contributed by atoms with van der Waals surface area (Å²) in [6.45, 7) is 3.48. The number of ketones is 1. The van der Waals surface area contributed by atoms with Crippen molar-refractivity contribution in [3.8, 4) is 5.75 Å². The van der Waals surface area contributed by atoms with Gasteiger partial charge in [0.1, 0.15) is 5.75 Å². The van der Waals surface area contributed by atoms with E-state index in [1.165, 1.54) is 6.92 Å². The van der Waals surface area contributed by atoms with Crippen LogP contribution < -0.4 is 10.1 Å². The average Bonchev–Trinajstić information content (AvgIpc) is 2.52. The predicted octanol–water partition coefficient (Wildman–Crippen LogP) is 0.800. The highest BCUT2D eigenvalue weighted by Crippen LogP contribution is 2.12. The average molecular weight is 293 g/mol. The van der Waals surface area contributed by atoms with Gasteiger partial charge in [0, 0.05) is 12.1 Å². The van der Waals surface area contributed by atoms with E-state index >= 15 is 0 Å². The van der Waals surface area contributed by atoms with Crippen molar-refractivity contribution >= 4 is 11.7 Å². The van der Waals surface area contributed by atoms with Crippen molar-refractivity contribution in [1.29, 1.82) is 0 Å². The Balaban J connectivity index is 1.69. The van der Waals surface area contributed by atoms with Crippen molar-refractivity contribution in [2.24, 2.45) is 0 Å². The van der Waals surface area contributed by atoms with Crippen molar-refractivity contribution in [2.45, 2.75) is 13.0 Å². The van der Waals surface area contributed by atoms with Crippen LogP contribution in [-0.4, -0.2) is 50.8 Å². The van der Waals surface area contributed by atoms with E-state index in [-0.39, 0.29) is 24.4 Å². The maximum absolute atomic E-state index is 11.6. The summed E-state index contributed by atoms with van der Waals surface area (Å²) in [5.41, 5.74) is 0.612. The molecule has 1 unspecified atom stereocenters. The number of nitrogens with one attached hydrogen (secondary N) is 1. The Morgan fingerprint density at radius 3 is 2.67 bits per heavy atom. The lowest BCUT2D eigenvalue weighted by atomic mass is 10.1. The first kappa shape index (κ1) is 15.5. The fourth-order valence-electron chi connectivity index (χ4n) is 1.87. The normalized spacial score (nSPS) is 18.0. The Bertz CT molecular complexity index is 479.